The summed E-state index contributed by atoms with van der Waals surface area (Å²) in [6.07, 6.45) is 0. The molecule has 17 heavy (non-hydrogen) atoms. The first kappa shape index (κ1) is 10.6. The van der Waals surface area contributed by atoms with Crippen molar-refractivity contribution in [2.45, 2.75) is 0 Å². The van der Waals surface area contributed by atoms with Gasteiger partial charge >= 0.3 is 0 Å². The minimum absolute atomic E-state index is 0.438. The highest BCUT2D eigenvalue weighted by molar-refractivity contribution is 6.31. The summed E-state index contributed by atoms with van der Waals surface area (Å²) >= 11 is 12.2. The number of hydrogen-bond acceptors (Lipinski definition) is 1. The second-order valence-electron chi connectivity index (χ2n) is 3.68. The van der Waals surface area contributed by atoms with Crippen molar-refractivity contribution in [1.82, 2.24) is 9.55 Å². The van der Waals surface area contributed by atoms with Gasteiger partial charge in [0.2, 0.25) is 5.28 Å². The highest BCUT2D eigenvalue weighted by Crippen LogP contribution is 2.25. The summed E-state index contributed by atoms with van der Waals surface area (Å²) in [4.78, 5) is 4.30. The van der Waals surface area contributed by atoms with Gasteiger partial charge < -0.3 is 0 Å². The number of nitrogens with zero attached hydrogens (tertiary/aromatic N) is 2. The van der Waals surface area contributed by atoms with Crippen LogP contribution >= 0.6 is 23.2 Å². The first-order chi connectivity index (χ1) is 8.25. The number of fused-ring (bicyclic) bond motifs is 1. The molecule has 3 rings (SSSR count). The van der Waals surface area contributed by atoms with Gasteiger partial charge in [0.1, 0.15) is 0 Å². The molecule has 0 atom stereocenters. The number of halogens is 2. The van der Waals surface area contributed by atoms with Crippen LogP contribution in [0.15, 0.2) is 48.5 Å². The lowest BCUT2D eigenvalue weighted by atomic mass is 10.3. The van der Waals surface area contributed by atoms with Gasteiger partial charge in [0.25, 0.3) is 0 Å². The van der Waals surface area contributed by atoms with Crippen LogP contribution in [0.3, 0.4) is 0 Å². The fourth-order valence-electron chi connectivity index (χ4n) is 1.86. The molecule has 0 aliphatic rings. The summed E-state index contributed by atoms with van der Waals surface area (Å²) in [6.45, 7) is 0. The maximum absolute atomic E-state index is 6.16. The zero-order chi connectivity index (χ0) is 11.8. The molecule has 0 aliphatic heterocycles. The first-order valence-electron chi connectivity index (χ1n) is 5.14. The third kappa shape index (κ3) is 1.79. The zero-order valence-corrected chi connectivity index (χ0v) is 10.3. The van der Waals surface area contributed by atoms with E-state index in [4.69, 9.17) is 23.2 Å². The van der Waals surface area contributed by atoms with E-state index < -0.39 is 0 Å². The molecule has 0 radical (unpaired) electrons. The van der Waals surface area contributed by atoms with E-state index in [2.05, 4.69) is 4.98 Å². The van der Waals surface area contributed by atoms with Crippen molar-refractivity contribution in [2.75, 3.05) is 0 Å². The van der Waals surface area contributed by atoms with Crippen molar-refractivity contribution in [1.29, 1.82) is 0 Å². The second-order valence-corrected chi connectivity index (χ2v) is 4.46. The molecule has 0 saturated heterocycles. The Labute approximate surface area is 108 Å². The van der Waals surface area contributed by atoms with Crippen LogP contribution in [0.5, 0.6) is 0 Å². The molecule has 0 bridgehead atoms. The minimum atomic E-state index is 0.438. The lowest BCUT2D eigenvalue weighted by Crippen LogP contribution is -1.93. The average molecular weight is 263 g/mol. The van der Waals surface area contributed by atoms with E-state index in [-0.39, 0.29) is 0 Å². The van der Waals surface area contributed by atoms with Gasteiger partial charge in [0.05, 0.1) is 16.7 Å². The summed E-state index contributed by atoms with van der Waals surface area (Å²) in [5.41, 5.74) is 2.76. The van der Waals surface area contributed by atoms with Crippen LogP contribution in [0.1, 0.15) is 0 Å². The summed E-state index contributed by atoms with van der Waals surface area (Å²) in [5, 5.41) is 1.12. The van der Waals surface area contributed by atoms with Crippen molar-refractivity contribution in [3.05, 3.63) is 58.8 Å². The van der Waals surface area contributed by atoms with E-state index >= 15 is 0 Å². The Morgan fingerprint density at radius 1 is 0.941 bits per heavy atom. The number of para-hydroxylation sites is 2. The lowest BCUT2D eigenvalue weighted by molar-refractivity contribution is 1.09. The monoisotopic (exact) mass is 262 g/mol. The maximum atomic E-state index is 6.16. The van der Waals surface area contributed by atoms with Gasteiger partial charge in [-0.2, -0.15) is 0 Å². The van der Waals surface area contributed by atoms with Gasteiger partial charge in [-0.25, -0.2) is 4.98 Å². The molecule has 84 valence electrons. The summed E-state index contributed by atoms with van der Waals surface area (Å²) < 4.78 is 1.88. The van der Waals surface area contributed by atoms with E-state index in [0.717, 1.165) is 16.7 Å². The Morgan fingerprint density at radius 3 is 2.59 bits per heavy atom. The molecule has 4 heteroatoms. The molecule has 2 nitrogen and oxygen atoms in total. The maximum Gasteiger partial charge on any atom is 0.208 e. The lowest BCUT2D eigenvalue weighted by Gasteiger charge is -2.05. The quantitative estimate of drug-likeness (QED) is 0.638. The fraction of sp³-hybridized carbons (Fsp3) is 0. The third-order valence-electron chi connectivity index (χ3n) is 2.59. The minimum Gasteiger partial charge on any atom is -0.283 e. The van der Waals surface area contributed by atoms with Gasteiger partial charge in [-0.05, 0) is 41.9 Å². The number of benzene rings is 2. The number of hydrogen-bond donors (Lipinski definition) is 0. The smallest absolute Gasteiger partial charge is 0.208 e. The van der Waals surface area contributed by atoms with E-state index in [0.29, 0.717) is 10.3 Å². The van der Waals surface area contributed by atoms with Crippen LogP contribution in [-0.4, -0.2) is 9.55 Å². The first-order valence-corrected chi connectivity index (χ1v) is 5.90. The predicted octanol–water partition coefficient (Wildman–Crippen LogP) is 4.33. The van der Waals surface area contributed by atoms with Crippen molar-refractivity contribution in [2.24, 2.45) is 0 Å². The molecule has 0 fully saturated rings. The molecule has 0 unspecified atom stereocenters. The normalized spacial score (nSPS) is 10.9. The largest absolute Gasteiger partial charge is 0.283 e. The number of imidazole rings is 1. The molecule has 0 N–H and O–H groups in total. The summed E-state index contributed by atoms with van der Waals surface area (Å²) in [6, 6.07) is 15.3. The Bertz CT molecular complexity index is 689. The highest BCUT2D eigenvalue weighted by Gasteiger charge is 2.09. The van der Waals surface area contributed by atoms with Crippen LogP contribution in [0.25, 0.3) is 16.7 Å². The predicted molar refractivity (Wildman–Crippen MR) is 71.1 cm³/mol. The van der Waals surface area contributed by atoms with Crippen molar-refractivity contribution in [3.8, 4) is 5.69 Å². The molecule has 0 saturated carbocycles. The molecular formula is C13H8Cl2N2. The Balaban J connectivity index is 2.33. The van der Waals surface area contributed by atoms with Crippen molar-refractivity contribution in [3.63, 3.8) is 0 Å². The molecular weight excluding hydrogens is 255 g/mol. The summed E-state index contributed by atoms with van der Waals surface area (Å²) in [5.74, 6) is 0. The SMILES string of the molecule is Clc1cccc(-n2c(Cl)nc3ccccc32)c1. The van der Waals surface area contributed by atoms with Gasteiger partial charge in [0.15, 0.2) is 0 Å². The van der Waals surface area contributed by atoms with Crippen LogP contribution in [0.2, 0.25) is 10.3 Å². The number of aromatic nitrogens is 2. The van der Waals surface area contributed by atoms with Gasteiger partial charge in [-0.3, -0.25) is 4.57 Å². The van der Waals surface area contributed by atoms with Crippen LogP contribution in [-0.2, 0) is 0 Å². The van der Waals surface area contributed by atoms with E-state index in [1.54, 1.807) is 0 Å². The van der Waals surface area contributed by atoms with Crippen molar-refractivity contribution < 1.29 is 0 Å². The molecule has 3 aromatic rings. The standard InChI is InChI=1S/C13H8Cl2N2/c14-9-4-3-5-10(8-9)17-12-7-2-1-6-11(12)16-13(17)15/h1-8H. The molecule has 0 aliphatic carbocycles. The van der Waals surface area contributed by atoms with E-state index in [1.165, 1.54) is 0 Å². The fourth-order valence-corrected chi connectivity index (χ4v) is 2.32. The van der Waals surface area contributed by atoms with Crippen LogP contribution in [0.4, 0.5) is 0 Å². The molecule has 1 aromatic heterocycles. The van der Waals surface area contributed by atoms with Crippen LogP contribution in [0, 0.1) is 0 Å². The molecule has 1 heterocycles. The number of rotatable bonds is 1. The summed E-state index contributed by atoms with van der Waals surface area (Å²) in [7, 11) is 0. The van der Waals surface area contributed by atoms with E-state index in [9.17, 15) is 0 Å². The Morgan fingerprint density at radius 2 is 1.76 bits per heavy atom. The molecule has 0 spiro atoms. The molecule has 0 amide bonds. The average Bonchev–Trinajstić information content (AvgIpc) is 2.64. The van der Waals surface area contributed by atoms with Gasteiger partial charge in [-0.1, -0.05) is 29.8 Å². The third-order valence-corrected chi connectivity index (χ3v) is 3.07. The van der Waals surface area contributed by atoms with Crippen LogP contribution < -0.4 is 0 Å². The van der Waals surface area contributed by atoms with Gasteiger partial charge in [0, 0.05) is 5.02 Å². The Kier molecular flexibility index (Phi) is 2.54. The van der Waals surface area contributed by atoms with Crippen molar-refractivity contribution >= 4 is 34.2 Å². The van der Waals surface area contributed by atoms with Gasteiger partial charge in [-0.15, -0.1) is 0 Å². The van der Waals surface area contributed by atoms with E-state index in [1.807, 2.05) is 53.1 Å². The highest BCUT2D eigenvalue weighted by atomic mass is 35.5. The molecule has 2 aromatic carbocycles. The topological polar surface area (TPSA) is 17.8 Å². The zero-order valence-electron chi connectivity index (χ0n) is 8.77. The second kappa shape index (κ2) is 4.06. The Hall–Kier alpha value is -1.51.